The van der Waals surface area contributed by atoms with E-state index in [-0.39, 0.29) is 5.92 Å². The molecule has 0 aromatic carbocycles. The van der Waals surface area contributed by atoms with E-state index in [9.17, 15) is 9.59 Å². The quantitative estimate of drug-likeness (QED) is 0.524. The number of hydrogen-bond acceptors (Lipinski definition) is 4. The summed E-state index contributed by atoms with van der Waals surface area (Å²) in [5.74, 6) is -2.15. The number of ketones is 2. The summed E-state index contributed by atoms with van der Waals surface area (Å²) >= 11 is 0. The summed E-state index contributed by atoms with van der Waals surface area (Å²) in [4.78, 5) is 21.3. The van der Waals surface area contributed by atoms with Crippen LogP contribution in [0.3, 0.4) is 0 Å². The van der Waals surface area contributed by atoms with E-state index in [0.717, 1.165) is 0 Å². The number of carbonyl (C=O) groups excluding carboxylic acids is 2. The maximum atomic E-state index is 10.8. The molecule has 64 valence electrons. The van der Waals surface area contributed by atoms with E-state index in [2.05, 4.69) is 0 Å². The highest BCUT2D eigenvalue weighted by atomic mass is 16.3. The van der Waals surface area contributed by atoms with Crippen molar-refractivity contribution in [2.75, 3.05) is 6.61 Å². The van der Waals surface area contributed by atoms with Gasteiger partial charge in [-0.05, 0) is 5.92 Å². The normalized spacial score (nSPS) is 13.2. The molecule has 0 aromatic heterocycles. The summed E-state index contributed by atoms with van der Waals surface area (Å²) < 4.78 is 0. The molecule has 0 aliphatic carbocycles. The summed E-state index contributed by atoms with van der Waals surface area (Å²) in [6.45, 7) is 2.41. The highest BCUT2D eigenvalue weighted by Crippen LogP contribution is 2.02. The molecule has 0 fully saturated rings. The van der Waals surface area contributed by atoms with Gasteiger partial charge in [-0.3, -0.25) is 9.59 Å². The van der Waals surface area contributed by atoms with E-state index in [4.69, 9.17) is 10.2 Å². The number of Topliss-reactive ketones (excluding diaryl/α,β-unsaturated/α-hetero) is 2. The largest absolute Gasteiger partial charge is 0.388 e. The lowest BCUT2D eigenvalue weighted by Gasteiger charge is -2.10. The molecule has 0 amide bonds. The third-order valence-electron chi connectivity index (χ3n) is 1.32. The van der Waals surface area contributed by atoms with Gasteiger partial charge in [0.05, 0.1) is 0 Å². The van der Waals surface area contributed by atoms with Gasteiger partial charge in [0.2, 0.25) is 11.6 Å². The minimum atomic E-state index is -1.28. The molecule has 0 saturated carbocycles. The average Bonchev–Trinajstić information content (AvgIpc) is 2.00. The van der Waals surface area contributed by atoms with E-state index in [1.165, 1.54) is 0 Å². The van der Waals surface area contributed by atoms with E-state index >= 15 is 0 Å². The van der Waals surface area contributed by atoms with Gasteiger partial charge < -0.3 is 10.2 Å². The van der Waals surface area contributed by atoms with Crippen LogP contribution < -0.4 is 0 Å². The Morgan fingerprint density at radius 2 is 1.82 bits per heavy atom. The van der Waals surface area contributed by atoms with Crippen LogP contribution in [0.1, 0.15) is 13.8 Å². The highest BCUT2D eigenvalue weighted by Gasteiger charge is 2.24. The van der Waals surface area contributed by atoms with Crippen LogP contribution in [-0.2, 0) is 9.59 Å². The number of aliphatic hydroxyl groups excluding tert-OH is 2. The zero-order valence-corrected chi connectivity index (χ0v) is 6.57. The van der Waals surface area contributed by atoms with Crippen molar-refractivity contribution in [3.8, 4) is 0 Å². The molecule has 0 spiro atoms. The average molecular weight is 160 g/mol. The molecule has 1 atom stereocenters. The predicted octanol–water partition coefficient (Wildman–Crippen LogP) is -0.866. The van der Waals surface area contributed by atoms with E-state index < -0.39 is 24.3 Å². The Labute approximate surface area is 64.8 Å². The Hall–Kier alpha value is -0.740. The molecule has 2 N–H and O–H groups in total. The van der Waals surface area contributed by atoms with Gasteiger partial charge in [0.25, 0.3) is 0 Å². The molecule has 0 aliphatic rings. The van der Waals surface area contributed by atoms with E-state index in [1.807, 2.05) is 0 Å². The van der Waals surface area contributed by atoms with Gasteiger partial charge in [-0.1, -0.05) is 13.8 Å². The molecule has 0 bridgehead atoms. The topological polar surface area (TPSA) is 74.6 Å². The van der Waals surface area contributed by atoms with Crippen LogP contribution >= 0.6 is 0 Å². The lowest BCUT2D eigenvalue weighted by molar-refractivity contribution is -0.144. The Morgan fingerprint density at radius 1 is 1.36 bits per heavy atom. The standard InChI is InChI=1S/C7H12O4/c1-4(2)6(10)7(11)5(9)3-8/h4,6,8,10H,3H2,1-2H3. The molecule has 0 saturated heterocycles. The molecule has 0 heterocycles. The lowest BCUT2D eigenvalue weighted by atomic mass is 10.0. The van der Waals surface area contributed by atoms with Crippen LogP contribution in [0.15, 0.2) is 0 Å². The summed E-state index contributed by atoms with van der Waals surface area (Å²) in [6.07, 6.45) is -1.28. The predicted molar refractivity (Wildman–Crippen MR) is 37.9 cm³/mol. The first kappa shape index (κ1) is 10.3. The highest BCUT2D eigenvalue weighted by molar-refractivity contribution is 6.39. The van der Waals surface area contributed by atoms with Crippen LogP contribution in [0.2, 0.25) is 0 Å². The van der Waals surface area contributed by atoms with Gasteiger partial charge in [-0.2, -0.15) is 0 Å². The van der Waals surface area contributed by atoms with Crippen molar-refractivity contribution in [2.24, 2.45) is 5.92 Å². The number of rotatable bonds is 4. The molecule has 0 radical (unpaired) electrons. The molecular formula is C7H12O4. The second-order valence-electron chi connectivity index (χ2n) is 2.63. The van der Waals surface area contributed by atoms with Crippen molar-refractivity contribution in [3.63, 3.8) is 0 Å². The van der Waals surface area contributed by atoms with Gasteiger partial charge in [-0.25, -0.2) is 0 Å². The zero-order chi connectivity index (χ0) is 9.02. The number of carbonyl (C=O) groups is 2. The molecule has 0 aliphatic heterocycles. The minimum Gasteiger partial charge on any atom is -0.388 e. The van der Waals surface area contributed by atoms with E-state index in [0.29, 0.717) is 0 Å². The Bertz CT molecular complexity index is 162. The first-order valence-corrected chi connectivity index (χ1v) is 3.36. The second kappa shape index (κ2) is 4.20. The Kier molecular flexibility index (Phi) is 3.92. The third-order valence-corrected chi connectivity index (χ3v) is 1.32. The van der Waals surface area contributed by atoms with Gasteiger partial charge >= 0.3 is 0 Å². The second-order valence-corrected chi connectivity index (χ2v) is 2.63. The van der Waals surface area contributed by atoms with Crippen molar-refractivity contribution in [3.05, 3.63) is 0 Å². The Morgan fingerprint density at radius 3 is 2.09 bits per heavy atom. The smallest absolute Gasteiger partial charge is 0.229 e. The molecule has 4 heteroatoms. The van der Waals surface area contributed by atoms with Crippen molar-refractivity contribution in [1.82, 2.24) is 0 Å². The molecular weight excluding hydrogens is 148 g/mol. The fourth-order valence-corrected chi connectivity index (χ4v) is 0.546. The van der Waals surface area contributed by atoms with Crippen molar-refractivity contribution in [2.45, 2.75) is 20.0 Å². The van der Waals surface area contributed by atoms with Crippen LogP contribution in [0, 0.1) is 5.92 Å². The van der Waals surface area contributed by atoms with Crippen molar-refractivity contribution >= 4 is 11.6 Å². The molecule has 0 rings (SSSR count). The van der Waals surface area contributed by atoms with Crippen molar-refractivity contribution in [1.29, 1.82) is 0 Å². The van der Waals surface area contributed by atoms with Crippen molar-refractivity contribution < 1.29 is 19.8 Å². The van der Waals surface area contributed by atoms with Crippen LogP contribution in [0.4, 0.5) is 0 Å². The fourth-order valence-electron chi connectivity index (χ4n) is 0.546. The molecule has 4 nitrogen and oxygen atoms in total. The maximum absolute atomic E-state index is 10.8. The summed E-state index contributed by atoms with van der Waals surface area (Å²) in [5.41, 5.74) is 0. The first-order chi connectivity index (χ1) is 5.00. The zero-order valence-electron chi connectivity index (χ0n) is 6.57. The van der Waals surface area contributed by atoms with Gasteiger partial charge in [0, 0.05) is 0 Å². The first-order valence-electron chi connectivity index (χ1n) is 3.36. The van der Waals surface area contributed by atoms with Crippen LogP contribution in [-0.4, -0.2) is 34.5 Å². The van der Waals surface area contributed by atoms with Crippen LogP contribution in [0.5, 0.6) is 0 Å². The third kappa shape index (κ3) is 2.78. The summed E-state index contributed by atoms with van der Waals surface area (Å²) in [6, 6.07) is 0. The molecule has 0 aromatic rings. The fraction of sp³-hybridized carbons (Fsp3) is 0.714. The minimum absolute atomic E-state index is 0.294. The lowest BCUT2D eigenvalue weighted by Crippen LogP contribution is -2.34. The molecule has 1 unspecified atom stereocenters. The summed E-state index contributed by atoms with van der Waals surface area (Å²) in [7, 11) is 0. The monoisotopic (exact) mass is 160 g/mol. The Balaban J connectivity index is 4.14. The molecule has 11 heavy (non-hydrogen) atoms. The van der Waals surface area contributed by atoms with Gasteiger partial charge in [0.1, 0.15) is 12.7 Å². The van der Waals surface area contributed by atoms with Gasteiger partial charge in [0.15, 0.2) is 0 Å². The SMILES string of the molecule is CC(C)C(O)C(=O)C(=O)CO. The number of hydrogen-bond donors (Lipinski definition) is 2. The van der Waals surface area contributed by atoms with Gasteiger partial charge in [-0.15, -0.1) is 0 Å². The van der Waals surface area contributed by atoms with E-state index in [1.54, 1.807) is 13.8 Å². The number of aliphatic hydroxyl groups is 2. The maximum Gasteiger partial charge on any atom is 0.229 e. The van der Waals surface area contributed by atoms with Crippen LogP contribution in [0.25, 0.3) is 0 Å². The summed E-state index contributed by atoms with van der Waals surface area (Å²) in [5, 5.41) is 17.3.